The van der Waals surface area contributed by atoms with Gasteiger partial charge in [0, 0.05) is 45.7 Å². The maximum Gasteiger partial charge on any atom is 0.406 e. The van der Waals surface area contributed by atoms with E-state index in [1.165, 1.54) is 7.11 Å². The number of carbonyl (C=O) groups is 3. The highest BCUT2D eigenvalue weighted by Gasteiger charge is 2.43. The first kappa shape index (κ1) is 43.8. The first-order chi connectivity index (χ1) is 23.3. The van der Waals surface area contributed by atoms with E-state index in [2.05, 4.69) is 20.7 Å². The number of hydrogen-bond donors (Lipinski definition) is 7. The second kappa shape index (κ2) is 29.7. The van der Waals surface area contributed by atoms with Gasteiger partial charge in [-0.05, 0) is 32.1 Å². The van der Waals surface area contributed by atoms with E-state index in [0.29, 0.717) is 78.7 Å². The lowest BCUT2D eigenvalue weighted by Gasteiger charge is -2.39. The van der Waals surface area contributed by atoms with Crippen LogP contribution in [0.1, 0.15) is 57.8 Å². The van der Waals surface area contributed by atoms with Gasteiger partial charge in [0.1, 0.15) is 24.4 Å². The van der Waals surface area contributed by atoms with Crippen molar-refractivity contribution in [1.29, 1.82) is 0 Å². The number of rotatable bonds is 30. The van der Waals surface area contributed by atoms with E-state index < -0.39 is 43.4 Å². The van der Waals surface area contributed by atoms with Crippen LogP contribution in [0.4, 0.5) is 4.79 Å². The van der Waals surface area contributed by atoms with Gasteiger partial charge < -0.3 is 69.5 Å². The Morgan fingerprint density at radius 2 is 1.12 bits per heavy atom. The van der Waals surface area contributed by atoms with Crippen molar-refractivity contribution < 1.29 is 68.0 Å². The zero-order chi connectivity index (χ0) is 35.2. The van der Waals surface area contributed by atoms with Crippen molar-refractivity contribution >= 4 is 17.9 Å². The average molecular weight is 698 g/mol. The average Bonchev–Trinajstić information content (AvgIpc) is 3.08. The fourth-order valence-electron chi connectivity index (χ4n) is 4.43. The van der Waals surface area contributed by atoms with E-state index in [1.807, 2.05) is 0 Å². The molecular formula is C31H59N3O14. The van der Waals surface area contributed by atoms with Crippen molar-refractivity contribution in [3.63, 3.8) is 0 Å². The highest BCUT2D eigenvalue weighted by molar-refractivity contribution is 5.76. The summed E-state index contributed by atoms with van der Waals surface area (Å²) in [5, 5.41) is 46.9. The van der Waals surface area contributed by atoms with Gasteiger partial charge in [-0.3, -0.25) is 9.59 Å². The molecule has 0 aromatic rings. The van der Waals surface area contributed by atoms with Crippen LogP contribution in [0.5, 0.6) is 0 Å². The Hall–Kier alpha value is -2.19. The molecule has 1 heterocycles. The van der Waals surface area contributed by atoms with Crippen molar-refractivity contribution in [2.24, 2.45) is 0 Å². The Morgan fingerprint density at radius 3 is 1.77 bits per heavy atom. The largest absolute Gasteiger partial charge is 0.453 e. The number of aliphatic hydroxyl groups excluding tert-OH is 4. The van der Waals surface area contributed by atoms with Gasteiger partial charge >= 0.3 is 6.09 Å². The monoisotopic (exact) mass is 697 g/mol. The summed E-state index contributed by atoms with van der Waals surface area (Å²) < 4.78 is 36.9. The Morgan fingerprint density at radius 1 is 0.583 bits per heavy atom. The summed E-state index contributed by atoms with van der Waals surface area (Å²) in [5.41, 5.74) is 0. The maximum absolute atomic E-state index is 11.9. The van der Waals surface area contributed by atoms with Gasteiger partial charge in [0.25, 0.3) is 0 Å². The molecule has 1 fully saturated rings. The predicted octanol–water partition coefficient (Wildman–Crippen LogP) is -1.03. The van der Waals surface area contributed by atoms with Crippen molar-refractivity contribution in [1.82, 2.24) is 16.0 Å². The first-order valence-electron chi connectivity index (χ1n) is 16.9. The molecule has 1 aliphatic heterocycles. The minimum Gasteiger partial charge on any atom is -0.453 e. The Bertz CT molecular complexity index is 825. The molecule has 0 aromatic heterocycles. The number of amides is 3. The molecule has 282 valence electrons. The fourth-order valence-corrected chi connectivity index (χ4v) is 4.43. The van der Waals surface area contributed by atoms with E-state index in [9.17, 15) is 34.8 Å². The number of hydrogen-bond acceptors (Lipinski definition) is 14. The second-order valence-corrected chi connectivity index (χ2v) is 11.1. The molecule has 1 rings (SSSR count). The van der Waals surface area contributed by atoms with Crippen LogP contribution in [-0.4, -0.2) is 162 Å². The number of unbranched alkanes of at least 4 members (excludes halogenated alkanes) is 4. The molecule has 0 saturated carbocycles. The van der Waals surface area contributed by atoms with Crippen LogP contribution >= 0.6 is 0 Å². The molecule has 0 aromatic carbocycles. The van der Waals surface area contributed by atoms with Gasteiger partial charge in [-0.25, -0.2) is 4.79 Å². The Balaban J connectivity index is 1.79. The van der Waals surface area contributed by atoms with E-state index in [-0.39, 0.29) is 25.0 Å². The smallest absolute Gasteiger partial charge is 0.406 e. The zero-order valence-electron chi connectivity index (χ0n) is 28.3. The van der Waals surface area contributed by atoms with Crippen LogP contribution in [0.25, 0.3) is 0 Å². The topological polar surface area (TPSA) is 233 Å². The molecule has 0 spiro atoms. The molecule has 17 nitrogen and oxygen atoms in total. The summed E-state index contributed by atoms with van der Waals surface area (Å²) in [5.74, 6) is -0.0134. The Kier molecular flexibility index (Phi) is 27.1. The summed E-state index contributed by atoms with van der Waals surface area (Å²) in [6.45, 7) is 4.33. The minimum absolute atomic E-state index is 0.0183. The molecule has 0 radical (unpaired) electrons. The lowest BCUT2D eigenvalue weighted by Crippen LogP contribution is -2.59. The molecule has 1 saturated heterocycles. The molecule has 0 aliphatic carbocycles. The quantitative estimate of drug-likeness (QED) is 0.0445. The van der Waals surface area contributed by atoms with Gasteiger partial charge in [0.2, 0.25) is 11.8 Å². The summed E-state index contributed by atoms with van der Waals surface area (Å²) in [4.78, 5) is 34.7. The molecule has 48 heavy (non-hydrogen) atoms. The van der Waals surface area contributed by atoms with Crippen molar-refractivity contribution in [2.45, 2.75) is 88.5 Å². The lowest BCUT2D eigenvalue weighted by molar-refractivity contribution is -0.302. The number of nitrogens with one attached hydrogen (secondary N) is 3. The van der Waals surface area contributed by atoms with Gasteiger partial charge in [-0.15, -0.1) is 0 Å². The molecular weight excluding hydrogens is 638 g/mol. The number of alkyl carbamates (subject to hydrolysis) is 1. The van der Waals surface area contributed by atoms with Crippen LogP contribution in [0.15, 0.2) is 0 Å². The maximum atomic E-state index is 11.9. The SMILES string of the molecule is COC(=O)NCCCCCC(=O)NCCCOCCOCCCCCC(=O)NCCOCCOCCO[C@H]1OC(CO)[C@@H](O)[C@H](O)C1O. The Labute approximate surface area is 283 Å². The van der Waals surface area contributed by atoms with E-state index in [1.54, 1.807) is 0 Å². The fraction of sp³-hybridized carbons (Fsp3) is 0.903. The summed E-state index contributed by atoms with van der Waals surface area (Å²) in [6.07, 6.45) is -0.455. The molecule has 3 amide bonds. The molecule has 0 bridgehead atoms. The molecule has 5 atom stereocenters. The number of carbonyl (C=O) groups excluding carboxylic acids is 3. The van der Waals surface area contributed by atoms with Crippen LogP contribution in [0, 0.1) is 0 Å². The molecule has 1 aliphatic rings. The number of ether oxygens (including phenoxy) is 7. The summed E-state index contributed by atoms with van der Waals surface area (Å²) in [7, 11) is 1.32. The minimum atomic E-state index is -1.49. The molecule has 17 heteroatoms. The third-order valence-electron chi connectivity index (χ3n) is 7.19. The van der Waals surface area contributed by atoms with Crippen LogP contribution in [-0.2, 0) is 42.7 Å². The van der Waals surface area contributed by atoms with E-state index in [0.717, 1.165) is 44.9 Å². The van der Waals surface area contributed by atoms with E-state index >= 15 is 0 Å². The van der Waals surface area contributed by atoms with Crippen LogP contribution < -0.4 is 16.0 Å². The van der Waals surface area contributed by atoms with Gasteiger partial charge in [0.05, 0.1) is 60.0 Å². The highest BCUT2D eigenvalue weighted by atomic mass is 16.7. The molecule has 7 N–H and O–H groups in total. The summed E-state index contributed by atoms with van der Waals surface area (Å²) in [6, 6.07) is 0. The van der Waals surface area contributed by atoms with Crippen molar-refractivity contribution in [2.75, 3.05) is 92.8 Å². The number of methoxy groups -OCH3 is 1. The lowest BCUT2D eigenvalue weighted by atomic mass is 9.99. The van der Waals surface area contributed by atoms with Gasteiger partial charge in [-0.2, -0.15) is 0 Å². The van der Waals surface area contributed by atoms with Crippen LogP contribution in [0.3, 0.4) is 0 Å². The predicted molar refractivity (Wildman–Crippen MR) is 171 cm³/mol. The first-order valence-corrected chi connectivity index (χ1v) is 16.9. The van der Waals surface area contributed by atoms with Crippen molar-refractivity contribution in [3.8, 4) is 0 Å². The molecule has 2 unspecified atom stereocenters. The zero-order valence-corrected chi connectivity index (χ0v) is 28.3. The van der Waals surface area contributed by atoms with Gasteiger partial charge in [0.15, 0.2) is 6.29 Å². The van der Waals surface area contributed by atoms with Crippen molar-refractivity contribution in [3.05, 3.63) is 0 Å². The normalized spacial score (nSPS) is 20.7. The second-order valence-electron chi connectivity index (χ2n) is 11.1. The highest BCUT2D eigenvalue weighted by Crippen LogP contribution is 2.21. The van der Waals surface area contributed by atoms with Crippen LogP contribution in [0.2, 0.25) is 0 Å². The van der Waals surface area contributed by atoms with E-state index in [4.69, 9.17) is 28.4 Å². The number of aliphatic hydroxyl groups is 4. The third-order valence-corrected chi connectivity index (χ3v) is 7.19. The third kappa shape index (κ3) is 22.4. The van der Waals surface area contributed by atoms with Gasteiger partial charge in [-0.1, -0.05) is 12.8 Å². The summed E-state index contributed by atoms with van der Waals surface area (Å²) >= 11 is 0. The standard InChI is InChI=1S/C31H59N3O14/c1-42-31(41)34-11-6-2-4-9-25(36)32-12-8-15-44-18-17-43-14-7-3-5-10-26(37)33-13-16-45-19-20-46-21-22-47-30-29(40)28(39)27(38)24(23-35)48-30/h24,27-30,35,38-40H,2-23H2,1H3,(H,32,36)(H,33,37)(H,34,41)/t24?,27-,28+,29?,30+/m1/s1.